The van der Waals surface area contributed by atoms with E-state index in [1.807, 2.05) is 61.5 Å². The van der Waals surface area contributed by atoms with E-state index in [1.54, 1.807) is 7.05 Å². The molecule has 1 atom stereocenters. The number of hydrogen-bond acceptors (Lipinski definition) is 5. The molecular weight excluding hydrogens is 388 g/mol. The van der Waals surface area contributed by atoms with Gasteiger partial charge in [-0.2, -0.15) is 0 Å². The first kappa shape index (κ1) is 21.0. The van der Waals surface area contributed by atoms with E-state index in [1.165, 1.54) is 15.5 Å². The summed E-state index contributed by atoms with van der Waals surface area (Å²) in [5.41, 5.74) is 7.14. The number of nitrogens with two attached hydrogens (primary N) is 1. The summed E-state index contributed by atoms with van der Waals surface area (Å²) in [5.74, 6) is -0.0526. The fourth-order valence-corrected chi connectivity index (χ4v) is 4.52. The number of carbonyl (C=O) groups excluding carboxylic acids is 1. The number of amides is 1. The van der Waals surface area contributed by atoms with Gasteiger partial charge in [0.2, 0.25) is 10.0 Å². The molecule has 1 unspecified atom stereocenters. The van der Waals surface area contributed by atoms with Crippen molar-refractivity contribution in [3.63, 3.8) is 0 Å². The van der Waals surface area contributed by atoms with Crippen LogP contribution < -0.4 is 5.73 Å². The summed E-state index contributed by atoms with van der Waals surface area (Å²) in [7, 11) is -1.64. The number of carbonyl (C=O) groups is 1. The van der Waals surface area contributed by atoms with E-state index < -0.39 is 15.6 Å². The molecule has 0 bridgehead atoms. The average Bonchev–Trinajstić information content (AvgIpc) is 2.93. The fourth-order valence-electron chi connectivity index (χ4n) is 3.63. The number of aliphatic imine (C=N–C) groups is 1. The van der Waals surface area contributed by atoms with Gasteiger partial charge in [0.25, 0.3) is 5.91 Å². The number of benzene rings is 2. The van der Waals surface area contributed by atoms with Crippen molar-refractivity contribution in [2.24, 2.45) is 10.7 Å². The van der Waals surface area contributed by atoms with Crippen LogP contribution in [0, 0.1) is 0 Å². The number of rotatable bonds is 7. The van der Waals surface area contributed by atoms with Crippen LogP contribution in [-0.2, 0) is 26.8 Å². The zero-order chi connectivity index (χ0) is 21.2. The van der Waals surface area contributed by atoms with Crippen molar-refractivity contribution in [2.75, 3.05) is 26.4 Å². The lowest BCUT2D eigenvalue weighted by Crippen LogP contribution is -2.41. The number of likely N-dealkylation sites (N-methyl/N-ethyl adjacent to an activating group) is 2. The van der Waals surface area contributed by atoms with Crippen molar-refractivity contribution >= 4 is 21.9 Å². The van der Waals surface area contributed by atoms with E-state index in [2.05, 4.69) is 4.99 Å². The molecule has 2 aromatic carbocycles. The normalized spacial score (nSPS) is 19.7. The monoisotopic (exact) mass is 414 g/mol. The summed E-state index contributed by atoms with van der Waals surface area (Å²) < 4.78 is 25.1. The summed E-state index contributed by atoms with van der Waals surface area (Å²) >= 11 is 0. The van der Waals surface area contributed by atoms with Crippen LogP contribution in [0.5, 0.6) is 0 Å². The summed E-state index contributed by atoms with van der Waals surface area (Å²) in [6.07, 6.45) is 1.74. The van der Waals surface area contributed by atoms with Gasteiger partial charge in [0.1, 0.15) is 0 Å². The Kier molecular flexibility index (Phi) is 5.77. The van der Waals surface area contributed by atoms with Crippen LogP contribution >= 0.6 is 0 Å². The van der Waals surface area contributed by atoms with Crippen molar-refractivity contribution in [3.8, 4) is 0 Å². The lowest BCUT2D eigenvalue weighted by Gasteiger charge is -2.26. The molecule has 0 radical (unpaired) electrons. The Balaban J connectivity index is 2.02. The second-order valence-electron chi connectivity index (χ2n) is 7.12. The lowest BCUT2D eigenvalue weighted by atomic mass is 9.82. The Hall–Kier alpha value is -2.71. The average molecular weight is 415 g/mol. The van der Waals surface area contributed by atoms with E-state index in [0.29, 0.717) is 25.1 Å². The Bertz CT molecular complexity index is 1040. The van der Waals surface area contributed by atoms with Gasteiger partial charge in [0.15, 0.2) is 11.5 Å². The second-order valence-corrected chi connectivity index (χ2v) is 9.10. The zero-order valence-corrected chi connectivity index (χ0v) is 17.7. The molecule has 2 N–H and O–H groups in total. The number of nitrogens with zero attached hydrogens (tertiary/aromatic N) is 3. The quantitative estimate of drug-likeness (QED) is 0.743. The Morgan fingerprint density at radius 2 is 1.76 bits per heavy atom. The molecule has 0 aromatic heterocycles. The molecule has 7 nitrogen and oxygen atoms in total. The van der Waals surface area contributed by atoms with Gasteiger partial charge in [-0.15, -0.1) is 0 Å². The number of hydrogen-bond donors (Lipinski definition) is 1. The standard InChI is InChI=1S/C21H26N4O3S/c1-4-25(29(3,27)28)14-13-16-9-8-12-18(15-16)21(17-10-6-5-7-11-17)19(26)24(2)20(22)23-21/h5-12,15H,4,13-14H2,1-3H3,(H2,22,23). The number of guanidine groups is 1. The molecule has 1 heterocycles. The van der Waals surface area contributed by atoms with Gasteiger partial charge < -0.3 is 5.73 Å². The highest BCUT2D eigenvalue weighted by Gasteiger charge is 2.49. The first-order valence-corrected chi connectivity index (χ1v) is 11.3. The molecule has 3 rings (SSSR count). The molecular formula is C21H26N4O3S. The maximum atomic E-state index is 13.2. The number of sulfonamides is 1. The molecule has 29 heavy (non-hydrogen) atoms. The van der Waals surface area contributed by atoms with Gasteiger partial charge in [-0.1, -0.05) is 61.5 Å². The summed E-state index contributed by atoms with van der Waals surface area (Å²) in [6, 6.07) is 16.9. The minimum absolute atomic E-state index is 0.165. The molecule has 1 aliphatic heterocycles. The van der Waals surface area contributed by atoms with Crippen molar-refractivity contribution in [1.82, 2.24) is 9.21 Å². The molecule has 2 aromatic rings. The predicted molar refractivity (Wildman–Crippen MR) is 114 cm³/mol. The van der Waals surface area contributed by atoms with E-state index in [4.69, 9.17) is 5.73 Å². The molecule has 8 heteroatoms. The van der Waals surface area contributed by atoms with Gasteiger partial charge in [-0.25, -0.2) is 17.7 Å². The zero-order valence-electron chi connectivity index (χ0n) is 16.9. The Morgan fingerprint density at radius 3 is 2.31 bits per heavy atom. The fraction of sp³-hybridized carbons (Fsp3) is 0.333. The van der Waals surface area contributed by atoms with Crippen LogP contribution in [0.1, 0.15) is 23.6 Å². The Morgan fingerprint density at radius 1 is 1.10 bits per heavy atom. The second kappa shape index (κ2) is 7.96. The molecule has 0 fully saturated rings. The van der Waals surface area contributed by atoms with Crippen LogP contribution in [-0.4, -0.2) is 55.9 Å². The van der Waals surface area contributed by atoms with Crippen LogP contribution in [0.15, 0.2) is 59.6 Å². The van der Waals surface area contributed by atoms with E-state index in [-0.39, 0.29) is 11.9 Å². The van der Waals surface area contributed by atoms with Crippen molar-refractivity contribution in [2.45, 2.75) is 18.9 Å². The maximum Gasteiger partial charge on any atom is 0.266 e. The van der Waals surface area contributed by atoms with Crippen LogP contribution in [0.4, 0.5) is 0 Å². The first-order chi connectivity index (χ1) is 13.7. The van der Waals surface area contributed by atoms with Crippen molar-refractivity contribution < 1.29 is 13.2 Å². The molecule has 0 spiro atoms. The van der Waals surface area contributed by atoms with Gasteiger partial charge >= 0.3 is 0 Å². The highest BCUT2D eigenvalue weighted by molar-refractivity contribution is 7.88. The highest BCUT2D eigenvalue weighted by Crippen LogP contribution is 2.39. The van der Waals surface area contributed by atoms with Gasteiger partial charge in [-0.05, 0) is 23.1 Å². The third kappa shape index (κ3) is 3.90. The molecule has 0 aliphatic carbocycles. The Labute approximate surface area is 171 Å². The molecule has 1 aliphatic rings. The van der Waals surface area contributed by atoms with Gasteiger partial charge in [0, 0.05) is 20.1 Å². The van der Waals surface area contributed by atoms with E-state index in [9.17, 15) is 13.2 Å². The topological polar surface area (TPSA) is 96.1 Å². The highest BCUT2D eigenvalue weighted by atomic mass is 32.2. The molecule has 0 saturated carbocycles. The maximum absolute atomic E-state index is 13.2. The third-order valence-corrected chi connectivity index (χ3v) is 6.63. The molecule has 0 saturated heterocycles. The van der Waals surface area contributed by atoms with Crippen LogP contribution in [0.2, 0.25) is 0 Å². The minimum Gasteiger partial charge on any atom is -0.369 e. The van der Waals surface area contributed by atoms with Gasteiger partial charge in [0.05, 0.1) is 6.26 Å². The summed E-state index contributed by atoms with van der Waals surface area (Å²) in [5, 5.41) is 0. The van der Waals surface area contributed by atoms with Gasteiger partial charge in [-0.3, -0.25) is 9.69 Å². The minimum atomic E-state index is -3.26. The SMILES string of the molecule is CCN(CCc1cccc(C2(c3ccccc3)N=C(N)N(C)C2=O)c1)S(C)(=O)=O. The largest absolute Gasteiger partial charge is 0.369 e. The summed E-state index contributed by atoms with van der Waals surface area (Å²) in [4.78, 5) is 19.2. The van der Waals surface area contributed by atoms with E-state index in [0.717, 1.165) is 11.1 Å². The van der Waals surface area contributed by atoms with Crippen LogP contribution in [0.3, 0.4) is 0 Å². The summed E-state index contributed by atoms with van der Waals surface area (Å²) in [6.45, 7) is 2.60. The molecule has 1 amide bonds. The third-order valence-electron chi connectivity index (χ3n) is 5.25. The van der Waals surface area contributed by atoms with Crippen LogP contribution in [0.25, 0.3) is 0 Å². The lowest BCUT2D eigenvalue weighted by molar-refractivity contribution is -0.129. The van der Waals surface area contributed by atoms with Crippen molar-refractivity contribution in [1.29, 1.82) is 0 Å². The van der Waals surface area contributed by atoms with E-state index >= 15 is 0 Å². The first-order valence-electron chi connectivity index (χ1n) is 9.43. The smallest absolute Gasteiger partial charge is 0.266 e. The molecule has 154 valence electrons. The van der Waals surface area contributed by atoms with Crippen molar-refractivity contribution in [3.05, 3.63) is 71.3 Å². The predicted octanol–water partition coefficient (Wildman–Crippen LogP) is 1.54.